The Labute approximate surface area is 71.5 Å². The fourth-order valence-corrected chi connectivity index (χ4v) is 1.65. The summed E-state index contributed by atoms with van der Waals surface area (Å²) in [6, 6.07) is 0. The van der Waals surface area contributed by atoms with E-state index in [4.69, 9.17) is 5.11 Å². The Morgan fingerprint density at radius 1 is 1.58 bits per heavy atom. The first-order chi connectivity index (χ1) is 5.62. The van der Waals surface area contributed by atoms with Crippen LogP contribution in [0.5, 0.6) is 0 Å². The molecule has 2 fully saturated rings. The second kappa shape index (κ2) is 2.44. The van der Waals surface area contributed by atoms with Crippen LogP contribution < -0.4 is 5.32 Å². The van der Waals surface area contributed by atoms with E-state index < -0.39 is 0 Å². The second-order valence-corrected chi connectivity index (χ2v) is 4.03. The summed E-state index contributed by atoms with van der Waals surface area (Å²) in [5.41, 5.74) is -0.194. The zero-order valence-electron chi connectivity index (χ0n) is 7.21. The van der Waals surface area contributed by atoms with Gasteiger partial charge in [-0.1, -0.05) is 0 Å². The Balaban J connectivity index is 1.92. The van der Waals surface area contributed by atoms with E-state index in [1.807, 2.05) is 6.92 Å². The molecule has 0 saturated carbocycles. The normalized spacial score (nSPS) is 27.7. The third kappa shape index (κ3) is 1.03. The first-order valence-electron chi connectivity index (χ1n) is 4.30. The maximum atomic E-state index is 11.6. The molecule has 0 bridgehead atoms. The molecule has 2 rings (SSSR count). The number of nitrogens with one attached hydrogen (secondary N) is 1. The highest BCUT2D eigenvalue weighted by Crippen LogP contribution is 2.26. The van der Waals surface area contributed by atoms with Crippen LogP contribution in [0, 0.1) is 5.41 Å². The van der Waals surface area contributed by atoms with Gasteiger partial charge in [0.15, 0.2) is 0 Å². The third-order valence-electron chi connectivity index (χ3n) is 2.70. The van der Waals surface area contributed by atoms with Gasteiger partial charge < -0.3 is 15.3 Å². The molecule has 0 aromatic carbocycles. The summed E-state index contributed by atoms with van der Waals surface area (Å²) in [5.74, 6) is 0.187. The summed E-state index contributed by atoms with van der Waals surface area (Å²) in [6.07, 6.45) is -0.286. The molecule has 4 heteroatoms. The molecule has 0 spiro atoms. The molecule has 0 radical (unpaired) electrons. The monoisotopic (exact) mass is 170 g/mol. The average molecular weight is 170 g/mol. The van der Waals surface area contributed by atoms with Crippen molar-refractivity contribution < 1.29 is 9.90 Å². The number of nitrogens with zero attached hydrogens (tertiary/aromatic N) is 1. The highest BCUT2D eigenvalue weighted by molar-refractivity contribution is 5.84. The Hall–Kier alpha value is -0.610. The summed E-state index contributed by atoms with van der Waals surface area (Å²) in [4.78, 5) is 13.4. The summed E-state index contributed by atoms with van der Waals surface area (Å²) < 4.78 is 0. The summed E-state index contributed by atoms with van der Waals surface area (Å²) in [6.45, 7) is 4.57. The number of hydrogen-bond acceptors (Lipinski definition) is 3. The molecule has 2 heterocycles. The van der Waals surface area contributed by atoms with Gasteiger partial charge in [-0.15, -0.1) is 0 Å². The van der Waals surface area contributed by atoms with Crippen molar-refractivity contribution in [1.82, 2.24) is 10.2 Å². The van der Waals surface area contributed by atoms with Gasteiger partial charge in [0.2, 0.25) is 5.91 Å². The van der Waals surface area contributed by atoms with E-state index in [2.05, 4.69) is 5.32 Å². The smallest absolute Gasteiger partial charge is 0.231 e. The van der Waals surface area contributed by atoms with E-state index >= 15 is 0 Å². The molecule has 0 aromatic heterocycles. The van der Waals surface area contributed by atoms with Crippen molar-refractivity contribution in [3.05, 3.63) is 0 Å². The Morgan fingerprint density at radius 3 is 2.50 bits per heavy atom. The van der Waals surface area contributed by atoms with E-state index in [-0.39, 0.29) is 17.4 Å². The molecule has 2 aliphatic heterocycles. The predicted molar refractivity (Wildman–Crippen MR) is 43.6 cm³/mol. The zero-order valence-corrected chi connectivity index (χ0v) is 7.21. The Bertz CT molecular complexity index is 207. The van der Waals surface area contributed by atoms with Crippen molar-refractivity contribution in [2.24, 2.45) is 5.41 Å². The lowest BCUT2D eigenvalue weighted by atomic mass is 9.82. The van der Waals surface area contributed by atoms with Gasteiger partial charge in [-0.2, -0.15) is 0 Å². The number of β-amino-alcohol motifs (C(OH)–C–C–N with tert-alkyl or cyclic N) is 1. The molecule has 2 saturated heterocycles. The molecular weight excluding hydrogens is 156 g/mol. The first kappa shape index (κ1) is 8.01. The molecule has 1 amide bonds. The van der Waals surface area contributed by atoms with E-state index in [1.165, 1.54) is 0 Å². The van der Waals surface area contributed by atoms with Gasteiger partial charge in [0, 0.05) is 26.2 Å². The molecule has 0 aromatic rings. The second-order valence-electron chi connectivity index (χ2n) is 4.03. The minimum absolute atomic E-state index is 0.187. The number of hydrogen-bond donors (Lipinski definition) is 2. The summed E-state index contributed by atoms with van der Waals surface area (Å²) in [5, 5.41) is 12.1. The van der Waals surface area contributed by atoms with E-state index in [0.717, 1.165) is 13.1 Å². The van der Waals surface area contributed by atoms with Gasteiger partial charge in [-0.3, -0.25) is 4.79 Å². The number of likely N-dealkylation sites (tertiary alicyclic amines) is 1. The number of aliphatic hydroxyl groups is 1. The molecule has 4 nitrogen and oxygen atoms in total. The van der Waals surface area contributed by atoms with Crippen LogP contribution in [0.2, 0.25) is 0 Å². The lowest BCUT2D eigenvalue weighted by molar-refractivity contribution is -0.154. The fourth-order valence-electron chi connectivity index (χ4n) is 1.65. The zero-order chi connectivity index (χ0) is 8.77. The molecule has 0 atom stereocenters. The van der Waals surface area contributed by atoms with Crippen LogP contribution in [0.15, 0.2) is 0 Å². The Kier molecular flexibility index (Phi) is 1.63. The van der Waals surface area contributed by atoms with Gasteiger partial charge in [0.25, 0.3) is 0 Å². The van der Waals surface area contributed by atoms with Crippen LogP contribution >= 0.6 is 0 Å². The van der Waals surface area contributed by atoms with Crippen molar-refractivity contribution in [3.63, 3.8) is 0 Å². The van der Waals surface area contributed by atoms with E-state index in [1.54, 1.807) is 4.90 Å². The number of rotatable bonds is 1. The highest BCUT2D eigenvalue weighted by atomic mass is 16.3. The van der Waals surface area contributed by atoms with Crippen molar-refractivity contribution in [1.29, 1.82) is 0 Å². The van der Waals surface area contributed by atoms with Gasteiger partial charge in [0.1, 0.15) is 0 Å². The fraction of sp³-hybridized carbons (Fsp3) is 0.875. The van der Waals surface area contributed by atoms with Gasteiger partial charge in [-0.05, 0) is 6.92 Å². The van der Waals surface area contributed by atoms with Gasteiger partial charge in [-0.25, -0.2) is 0 Å². The summed E-state index contributed by atoms with van der Waals surface area (Å²) >= 11 is 0. The highest BCUT2D eigenvalue weighted by Gasteiger charge is 2.44. The molecular formula is C8H14N2O2. The minimum Gasteiger partial charge on any atom is -0.389 e. The van der Waals surface area contributed by atoms with Crippen LogP contribution in [0.25, 0.3) is 0 Å². The number of carbonyl (C=O) groups excluding carboxylic acids is 1. The third-order valence-corrected chi connectivity index (χ3v) is 2.70. The van der Waals surface area contributed by atoms with Gasteiger partial charge >= 0.3 is 0 Å². The van der Waals surface area contributed by atoms with Crippen molar-refractivity contribution in [2.75, 3.05) is 26.2 Å². The van der Waals surface area contributed by atoms with Gasteiger partial charge in [0.05, 0.1) is 11.5 Å². The lowest BCUT2D eigenvalue weighted by Gasteiger charge is -2.46. The summed E-state index contributed by atoms with van der Waals surface area (Å²) in [7, 11) is 0. The van der Waals surface area contributed by atoms with Crippen molar-refractivity contribution in [3.8, 4) is 0 Å². The van der Waals surface area contributed by atoms with E-state index in [0.29, 0.717) is 13.1 Å². The lowest BCUT2D eigenvalue weighted by Crippen LogP contribution is -2.65. The van der Waals surface area contributed by atoms with Crippen molar-refractivity contribution in [2.45, 2.75) is 13.0 Å². The number of carbonyl (C=O) groups is 1. The molecule has 68 valence electrons. The van der Waals surface area contributed by atoms with E-state index in [9.17, 15) is 4.79 Å². The molecule has 2 N–H and O–H groups in total. The topological polar surface area (TPSA) is 52.6 Å². The van der Waals surface area contributed by atoms with Crippen molar-refractivity contribution >= 4 is 5.91 Å². The maximum Gasteiger partial charge on any atom is 0.231 e. The SMILES string of the molecule is CC1(C(=O)N2CC(O)C2)CNC1. The van der Waals surface area contributed by atoms with Crippen LogP contribution in [-0.4, -0.2) is 48.2 Å². The standard InChI is InChI=1S/C8H14N2O2/c1-8(4-9-5-8)7(12)10-2-6(11)3-10/h6,9,11H,2-5H2,1H3. The molecule has 12 heavy (non-hydrogen) atoms. The largest absolute Gasteiger partial charge is 0.389 e. The average Bonchev–Trinajstić information content (AvgIpc) is 1.93. The molecule has 0 unspecified atom stereocenters. The molecule has 2 aliphatic rings. The van der Waals surface area contributed by atoms with Crippen LogP contribution in [-0.2, 0) is 4.79 Å². The minimum atomic E-state index is -0.286. The predicted octanol–water partition coefficient (Wildman–Crippen LogP) is -1.20. The van der Waals surface area contributed by atoms with Crippen LogP contribution in [0.3, 0.4) is 0 Å². The quantitative estimate of drug-likeness (QED) is 0.519. The Morgan fingerprint density at radius 2 is 2.17 bits per heavy atom. The van der Waals surface area contributed by atoms with Crippen LogP contribution in [0.4, 0.5) is 0 Å². The first-order valence-corrected chi connectivity index (χ1v) is 4.30. The maximum absolute atomic E-state index is 11.6. The van der Waals surface area contributed by atoms with Crippen LogP contribution in [0.1, 0.15) is 6.92 Å². The number of amides is 1. The molecule has 0 aliphatic carbocycles. The number of aliphatic hydroxyl groups excluding tert-OH is 1.